The Balaban J connectivity index is 2.22. The normalized spacial score (nSPS) is 18.2. The lowest BCUT2D eigenvalue weighted by molar-refractivity contribution is 0.0860. The molecule has 100 valence electrons. The summed E-state index contributed by atoms with van der Waals surface area (Å²) in [6.07, 6.45) is 2.26. The molecule has 0 aliphatic heterocycles. The lowest BCUT2D eigenvalue weighted by Gasteiger charge is -2.34. The smallest absolute Gasteiger partial charge is 0.141 e. The zero-order chi connectivity index (χ0) is 13.0. The molecule has 1 atom stereocenters. The molecule has 0 spiro atoms. The van der Waals surface area contributed by atoms with Crippen LogP contribution in [-0.2, 0) is 4.74 Å². The van der Waals surface area contributed by atoms with E-state index in [2.05, 4.69) is 5.32 Å². The number of rotatable bonds is 7. The molecule has 1 aromatic rings. The predicted molar refractivity (Wildman–Crippen MR) is 71.0 cm³/mol. The molecule has 1 fully saturated rings. The van der Waals surface area contributed by atoms with Crippen LogP contribution in [0.25, 0.3) is 0 Å². The highest BCUT2D eigenvalue weighted by atomic mass is 16.5. The molecule has 1 unspecified atom stereocenters. The van der Waals surface area contributed by atoms with Gasteiger partial charge in [0, 0.05) is 7.11 Å². The standard InChI is InChI=1S/C14H21NO3/c1-17-10-14(9-16,11-7-8-11)15-12-5-3-4-6-13(12)18-2/h3-6,11,15-16H,7-10H2,1-2H3. The molecule has 4 nitrogen and oxygen atoms in total. The van der Waals surface area contributed by atoms with Crippen LogP contribution in [0.1, 0.15) is 12.8 Å². The summed E-state index contributed by atoms with van der Waals surface area (Å²) in [6, 6.07) is 7.75. The first-order chi connectivity index (χ1) is 8.75. The SMILES string of the molecule is COCC(CO)(Nc1ccccc1OC)C1CC1. The Labute approximate surface area is 108 Å². The molecule has 18 heavy (non-hydrogen) atoms. The zero-order valence-corrected chi connectivity index (χ0v) is 11.0. The third-order valence-electron chi connectivity index (χ3n) is 3.53. The van der Waals surface area contributed by atoms with E-state index in [1.807, 2.05) is 24.3 Å². The van der Waals surface area contributed by atoms with Crippen molar-refractivity contribution in [3.05, 3.63) is 24.3 Å². The molecule has 1 aliphatic carbocycles. The zero-order valence-electron chi connectivity index (χ0n) is 11.0. The number of ether oxygens (including phenoxy) is 2. The number of aliphatic hydroxyl groups is 1. The molecule has 1 aromatic carbocycles. The Hall–Kier alpha value is -1.26. The van der Waals surface area contributed by atoms with Gasteiger partial charge in [-0.1, -0.05) is 12.1 Å². The lowest BCUT2D eigenvalue weighted by atomic mass is 9.94. The molecule has 0 amide bonds. The predicted octanol–water partition coefficient (Wildman–Crippen LogP) is 1.89. The number of hydrogen-bond acceptors (Lipinski definition) is 4. The number of aliphatic hydroxyl groups excluding tert-OH is 1. The Morgan fingerprint density at radius 1 is 1.33 bits per heavy atom. The number of methoxy groups -OCH3 is 2. The van der Waals surface area contributed by atoms with Gasteiger partial charge in [0.15, 0.2) is 0 Å². The minimum absolute atomic E-state index is 0.0591. The van der Waals surface area contributed by atoms with E-state index in [1.165, 1.54) is 0 Å². The van der Waals surface area contributed by atoms with Crippen molar-refractivity contribution in [1.29, 1.82) is 0 Å². The van der Waals surface area contributed by atoms with Crippen molar-refractivity contribution in [3.8, 4) is 5.75 Å². The van der Waals surface area contributed by atoms with E-state index in [-0.39, 0.29) is 6.61 Å². The van der Waals surface area contributed by atoms with E-state index < -0.39 is 5.54 Å². The molecular formula is C14H21NO3. The third-order valence-corrected chi connectivity index (χ3v) is 3.53. The second kappa shape index (κ2) is 5.59. The van der Waals surface area contributed by atoms with Gasteiger partial charge in [-0.25, -0.2) is 0 Å². The van der Waals surface area contributed by atoms with Gasteiger partial charge in [-0.15, -0.1) is 0 Å². The van der Waals surface area contributed by atoms with Gasteiger partial charge in [-0.3, -0.25) is 0 Å². The van der Waals surface area contributed by atoms with Crippen LogP contribution in [0.4, 0.5) is 5.69 Å². The Morgan fingerprint density at radius 2 is 2.06 bits per heavy atom. The first kappa shape index (κ1) is 13.2. The average molecular weight is 251 g/mol. The van der Waals surface area contributed by atoms with E-state index in [9.17, 15) is 5.11 Å². The number of para-hydroxylation sites is 2. The lowest BCUT2D eigenvalue weighted by Crippen LogP contribution is -2.48. The number of anilines is 1. The highest BCUT2D eigenvalue weighted by Gasteiger charge is 2.45. The molecule has 4 heteroatoms. The van der Waals surface area contributed by atoms with Crippen LogP contribution in [0.15, 0.2) is 24.3 Å². The largest absolute Gasteiger partial charge is 0.495 e. The van der Waals surface area contributed by atoms with Gasteiger partial charge >= 0.3 is 0 Å². The highest BCUT2D eigenvalue weighted by molar-refractivity contribution is 5.58. The first-order valence-corrected chi connectivity index (χ1v) is 6.27. The van der Waals surface area contributed by atoms with Crippen molar-refractivity contribution in [2.24, 2.45) is 5.92 Å². The second-order valence-corrected chi connectivity index (χ2v) is 4.85. The second-order valence-electron chi connectivity index (χ2n) is 4.85. The maximum Gasteiger partial charge on any atom is 0.141 e. The number of hydrogen-bond donors (Lipinski definition) is 2. The van der Waals surface area contributed by atoms with Crippen LogP contribution < -0.4 is 10.1 Å². The third kappa shape index (κ3) is 2.60. The van der Waals surface area contributed by atoms with Crippen molar-refractivity contribution in [2.45, 2.75) is 18.4 Å². The fraction of sp³-hybridized carbons (Fsp3) is 0.571. The summed E-state index contributed by atoms with van der Waals surface area (Å²) in [6.45, 7) is 0.551. The van der Waals surface area contributed by atoms with E-state index >= 15 is 0 Å². The number of nitrogens with one attached hydrogen (secondary N) is 1. The summed E-state index contributed by atoms with van der Waals surface area (Å²) in [5.74, 6) is 1.25. The fourth-order valence-corrected chi connectivity index (χ4v) is 2.38. The van der Waals surface area contributed by atoms with E-state index in [4.69, 9.17) is 9.47 Å². The molecule has 0 saturated heterocycles. The highest BCUT2D eigenvalue weighted by Crippen LogP contribution is 2.42. The summed E-state index contributed by atoms with van der Waals surface area (Å²) >= 11 is 0. The quantitative estimate of drug-likeness (QED) is 0.777. The first-order valence-electron chi connectivity index (χ1n) is 6.27. The molecule has 0 heterocycles. The van der Waals surface area contributed by atoms with Crippen molar-refractivity contribution >= 4 is 5.69 Å². The van der Waals surface area contributed by atoms with Gasteiger partial charge in [0.05, 0.1) is 31.5 Å². The Bertz CT molecular complexity index is 392. The van der Waals surface area contributed by atoms with Crippen LogP contribution in [0.3, 0.4) is 0 Å². The minimum atomic E-state index is -0.399. The molecule has 2 rings (SSSR count). The topological polar surface area (TPSA) is 50.7 Å². The maximum atomic E-state index is 9.76. The maximum absolute atomic E-state index is 9.76. The van der Waals surface area contributed by atoms with Crippen molar-refractivity contribution < 1.29 is 14.6 Å². The molecular weight excluding hydrogens is 230 g/mol. The Morgan fingerprint density at radius 3 is 2.61 bits per heavy atom. The van der Waals surface area contributed by atoms with Gasteiger partial charge in [-0.05, 0) is 30.9 Å². The van der Waals surface area contributed by atoms with E-state index in [1.54, 1.807) is 14.2 Å². The van der Waals surface area contributed by atoms with Crippen LogP contribution in [0.2, 0.25) is 0 Å². The van der Waals surface area contributed by atoms with Gasteiger partial charge in [0.2, 0.25) is 0 Å². The van der Waals surface area contributed by atoms with Gasteiger partial charge in [0.25, 0.3) is 0 Å². The van der Waals surface area contributed by atoms with Crippen molar-refractivity contribution in [2.75, 3.05) is 32.8 Å². The molecule has 2 N–H and O–H groups in total. The van der Waals surface area contributed by atoms with Gasteiger partial charge in [-0.2, -0.15) is 0 Å². The van der Waals surface area contributed by atoms with E-state index in [0.29, 0.717) is 12.5 Å². The molecule has 0 radical (unpaired) electrons. The van der Waals surface area contributed by atoms with Crippen LogP contribution in [0.5, 0.6) is 5.75 Å². The van der Waals surface area contributed by atoms with Crippen LogP contribution >= 0.6 is 0 Å². The summed E-state index contributed by atoms with van der Waals surface area (Å²) in [5.41, 5.74) is 0.502. The molecule has 0 bridgehead atoms. The molecule has 1 saturated carbocycles. The van der Waals surface area contributed by atoms with Crippen LogP contribution in [-0.4, -0.2) is 38.1 Å². The molecule has 0 aromatic heterocycles. The Kier molecular flexibility index (Phi) is 4.09. The monoisotopic (exact) mass is 251 g/mol. The minimum Gasteiger partial charge on any atom is -0.495 e. The van der Waals surface area contributed by atoms with Gasteiger partial charge in [0.1, 0.15) is 5.75 Å². The fourth-order valence-electron chi connectivity index (χ4n) is 2.38. The van der Waals surface area contributed by atoms with E-state index in [0.717, 1.165) is 24.3 Å². The average Bonchev–Trinajstić information content (AvgIpc) is 3.23. The molecule has 1 aliphatic rings. The number of benzene rings is 1. The summed E-state index contributed by atoms with van der Waals surface area (Å²) < 4.78 is 10.6. The van der Waals surface area contributed by atoms with Crippen molar-refractivity contribution in [3.63, 3.8) is 0 Å². The van der Waals surface area contributed by atoms with Gasteiger partial charge < -0.3 is 19.9 Å². The summed E-state index contributed by atoms with van der Waals surface area (Å²) in [7, 11) is 3.31. The summed E-state index contributed by atoms with van der Waals surface area (Å²) in [5, 5.41) is 13.2. The van der Waals surface area contributed by atoms with Crippen LogP contribution in [0, 0.1) is 5.92 Å². The van der Waals surface area contributed by atoms with Crippen molar-refractivity contribution in [1.82, 2.24) is 0 Å². The summed E-state index contributed by atoms with van der Waals surface area (Å²) in [4.78, 5) is 0.